The van der Waals surface area contributed by atoms with E-state index < -0.39 is 5.60 Å². The highest BCUT2D eigenvalue weighted by molar-refractivity contribution is 5.44. The zero-order valence-electron chi connectivity index (χ0n) is 20.0. The minimum atomic E-state index is -0.905. The zero-order valence-corrected chi connectivity index (χ0v) is 20.0. The number of nitrogens with zero attached hydrogens (tertiary/aromatic N) is 2. The van der Waals surface area contributed by atoms with Crippen molar-refractivity contribution in [3.63, 3.8) is 0 Å². The number of hydrogen-bond acceptors (Lipinski definition) is 1. The molecule has 3 heteroatoms. The maximum absolute atomic E-state index is 11.8. The number of aliphatic hydroxyl groups is 1. The van der Waals surface area contributed by atoms with Crippen LogP contribution in [-0.4, -0.2) is 47.4 Å². The van der Waals surface area contributed by atoms with E-state index in [-0.39, 0.29) is 0 Å². The van der Waals surface area contributed by atoms with Crippen molar-refractivity contribution in [2.45, 2.75) is 24.9 Å². The second kappa shape index (κ2) is 8.96. The van der Waals surface area contributed by atoms with Crippen LogP contribution in [0, 0.1) is 0 Å². The molecule has 0 saturated carbocycles. The fourth-order valence-electron chi connectivity index (χ4n) is 3.94. The van der Waals surface area contributed by atoms with Crippen LogP contribution < -0.4 is 8.97 Å². The number of quaternary nitrogens is 2. The molecule has 0 aliphatic heterocycles. The quantitative estimate of drug-likeness (QED) is 0.502. The van der Waals surface area contributed by atoms with E-state index in [1.807, 2.05) is 30.3 Å². The van der Waals surface area contributed by atoms with Gasteiger partial charge in [0.1, 0.15) is 11.4 Å². The van der Waals surface area contributed by atoms with Crippen molar-refractivity contribution in [1.82, 2.24) is 8.97 Å². The van der Waals surface area contributed by atoms with E-state index in [4.69, 9.17) is 0 Å². The molecule has 0 spiro atoms. The molecule has 0 amide bonds. The van der Waals surface area contributed by atoms with Crippen LogP contribution >= 0.6 is 0 Å². The number of hydrogen-bond donors (Lipinski definition) is 1. The highest BCUT2D eigenvalue weighted by Crippen LogP contribution is 2.32. The van der Waals surface area contributed by atoms with Crippen LogP contribution in [0.3, 0.4) is 0 Å². The van der Waals surface area contributed by atoms with Gasteiger partial charge in [-0.2, -0.15) is 0 Å². The molecule has 0 aliphatic rings. The molecule has 3 nitrogen and oxygen atoms in total. The molecule has 0 saturated heterocycles. The van der Waals surface area contributed by atoms with E-state index >= 15 is 0 Å². The third-order valence-corrected chi connectivity index (χ3v) is 6.06. The van der Waals surface area contributed by atoms with E-state index in [2.05, 4.69) is 90.8 Å². The molecular weight excluding hydrogens is 380 g/mol. The third-order valence-electron chi connectivity index (χ3n) is 6.06. The Morgan fingerprint density at radius 3 is 1.52 bits per heavy atom. The second-order valence-corrected chi connectivity index (χ2v) is 10.4. The summed E-state index contributed by atoms with van der Waals surface area (Å²) in [6.45, 7) is 0. The fourth-order valence-corrected chi connectivity index (χ4v) is 3.94. The summed E-state index contributed by atoms with van der Waals surface area (Å²) >= 11 is 0. The molecule has 3 rings (SSSR count). The summed E-state index contributed by atoms with van der Waals surface area (Å²) in [5, 5.41) is 11.8. The van der Waals surface area contributed by atoms with E-state index in [1.165, 1.54) is 16.9 Å². The molecule has 0 bridgehead atoms. The predicted octanol–water partition coefficient (Wildman–Crippen LogP) is 5.14. The van der Waals surface area contributed by atoms with Gasteiger partial charge in [-0.25, -0.2) is 0 Å². The summed E-state index contributed by atoms with van der Waals surface area (Å²) in [7, 11) is 13.0. The average Bonchev–Trinajstić information content (AvgIpc) is 2.72. The molecule has 0 aliphatic carbocycles. The van der Waals surface area contributed by atoms with Crippen molar-refractivity contribution in [3.05, 3.63) is 95.6 Å². The Balaban J connectivity index is 1.81. The molecule has 0 heterocycles. The van der Waals surface area contributed by atoms with Gasteiger partial charge in [-0.1, -0.05) is 54.6 Å². The van der Waals surface area contributed by atoms with E-state index in [9.17, 15) is 5.11 Å². The van der Waals surface area contributed by atoms with Crippen molar-refractivity contribution in [1.29, 1.82) is 0 Å². The largest absolute Gasteiger partial charge is 0.385 e. The Hall–Kier alpha value is -2.46. The SMILES string of the molecule is C[N+](C)(C)c1ccc(CCC(O)(Cc2ccc([N+](C)(C)C)cc2)c2ccccc2)cc1. The summed E-state index contributed by atoms with van der Waals surface area (Å²) in [5.41, 5.74) is 5.02. The van der Waals surface area contributed by atoms with Crippen LogP contribution in [-0.2, 0) is 18.4 Å². The van der Waals surface area contributed by atoms with Crippen LogP contribution in [0.15, 0.2) is 78.9 Å². The average molecular weight is 419 g/mol. The predicted molar refractivity (Wildman–Crippen MR) is 134 cm³/mol. The molecule has 1 unspecified atom stereocenters. The Bertz CT molecular complexity index is 965. The second-order valence-electron chi connectivity index (χ2n) is 10.4. The van der Waals surface area contributed by atoms with Gasteiger partial charge in [0.15, 0.2) is 0 Å². The zero-order chi connectivity index (χ0) is 22.7. The molecule has 3 aromatic rings. The lowest BCUT2D eigenvalue weighted by atomic mass is 9.82. The molecule has 0 fully saturated rings. The first-order valence-corrected chi connectivity index (χ1v) is 11.1. The Kier molecular flexibility index (Phi) is 6.70. The van der Waals surface area contributed by atoms with Crippen molar-refractivity contribution in [2.24, 2.45) is 0 Å². The standard InChI is InChI=1S/C28H38N2O/c1-29(2,3)26-16-12-23(13-17-26)20-21-28(31,25-10-8-7-9-11-25)22-24-14-18-27(19-15-24)30(4,5)6/h7-19,31H,20-22H2,1-6H3/q+2. The van der Waals surface area contributed by atoms with Crippen molar-refractivity contribution in [3.8, 4) is 0 Å². The first kappa shape index (κ1) is 23.2. The first-order valence-electron chi connectivity index (χ1n) is 11.1. The van der Waals surface area contributed by atoms with Crippen LogP contribution in [0.25, 0.3) is 0 Å². The monoisotopic (exact) mass is 418 g/mol. The topological polar surface area (TPSA) is 20.2 Å². The molecule has 0 aromatic heterocycles. The maximum Gasteiger partial charge on any atom is 0.132 e. The highest BCUT2D eigenvalue weighted by Gasteiger charge is 2.29. The lowest BCUT2D eigenvalue weighted by Crippen LogP contribution is -2.34. The van der Waals surface area contributed by atoms with Gasteiger partial charge in [-0.05, 0) is 53.8 Å². The minimum absolute atomic E-state index is 0.603. The summed E-state index contributed by atoms with van der Waals surface area (Å²) < 4.78 is 1.59. The molecular formula is C28H38N2O+2. The summed E-state index contributed by atoms with van der Waals surface area (Å²) in [4.78, 5) is 0. The van der Waals surface area contributed by atoms with Crippen LogP contribution in [0.1, 0.15) is 23.1 Å². The molecule has 164 valence electrons. The lowest BCUT2D eigenvalue weighted by molar-refractivity contribution is 0.0279. The Morgan fingerprint density at radius 1 is 0.613 bits per heavy atom. The summed E-state index contributed by atoms with van der Waals surface area (Å²) in [5.74, 6) is 0. The first-order chi connectivity index (χ1) is 14.5. The molecule has 1 N–H and O–H groups in total. The highest BCUT2D eigenvalue weighted by atomic mass is 16.3. The van der Waals surface area contributed by atoms with Gasteiger partial charge < -0.3 is 5.11 Å². The van der Waals surface area contributed by atoms with E-state index in [0.717, 1.165) is 26.5 Å². The van der Waals surface area contributed by atoms with Crippen molar-refractivity contribution >= 4 is 11.4 Å². The van der Waals surface area contributed by atoms with Crippen molar-refractivity contribution < 1.29 is 5.11 Å². The molecule has 31 heavy (non-hydrogen) atoms. The van der Waals surface area contributed by atoms with E-state index in [0.29, 0.717) is 12.8 Å². The smallest absolute Gasteiger partial charge is 0.132 e. The molecule has 3 aromatic carbocycles. The molecule has 1 atom stereocenters. The van der Waals surface area contributed by atoms with Crippen molar-refractivity contribution in [2.75, 3.05) is 42.3 Å². The van der Waals surface area contributed by atoms with Gasteiger partial charge in [0, 0.05) is 6.42 Å². The fraction of sp³-hybridized carbons (Fsp3) is 0.357. The van der Waals surface area contributed by atoms with Gasteiger partial charge in [-0.15, -0.1) is 0 Å². The van der Waals surface area contributed by atoms with E-state index in [1.54, 1.807) is 0 Å². The van der Waals surface area contributed by atoms with Gasteiger partial charge in [0.25, 0.3) is 0 Å². The summed E-state index contributed by atoms with van der Waals surface area (Å²) in [6.07, 6.45) is 2.11. The Labute approximate surface area is 188 Å². The minimum Gasteiger partial charge on any atom is -0.385 e. The van der Waals surface area contributed by atoms with Crippen LogP contribution in [0.2, 0.25) is 0 Å². The van der Waals surface area contributed by atoms with Gasteiger partial charge in [-0.3, -0.25) is 8.97 Å². The molecule has 0 radical (unpaired) electrons. The maximum atomic E-state index is 11.8. The van der Waals surface area contributed by atoms with Gasteiger partial charge in [0.05, 0.1) is 47.9 Å². The summed E-state index contributed by atoms with van der Waals surface area (Å²) in [6, 6.07) is 27.5. The lowest BCUT2D eigenvalue weighted by Gasteiger charge is -2.30. The number of rotatable bonds is 8. The Morgan fingerprint density at radius 2 is 1.06 bits per heavy atom. The number of benzene rings is 3. The van der Waals surface area contributed by atoms with Gasteiger partial charge in [0.2, 0.25) is 0 Å². The van der Waals surface area contributed by atoms with Crippen LogP contribution in [0.5, 0.6) is 0 Å². The van der Waals surface area contributed by atoms with Crippen LogP contribution in [0.4, 0.5) is 11.4 Å². The van der Waals surface area contributed by atoms with Gasteiger partial charge >= 0.3 is 0 Å². The third kappa shape index (κ3) is 6.04. The number of aryl methyl sites for hydroxylation is 1. The normalized spacial score (nSPS) is 14.3.